The molecule has 0 radical (unpaired) electrons. The Labute approximate surface area is 115 Å². The van der Waals surface area contributed by atoms with Crippen molar-refractivity contribution in [3.05, 3.63) is 34.3 Å². The van der Waals surface area contributed by atoms with Crippen LogP contribution in [0.3, 0.4) is 0 Å². The SMILES string of the molecule is CC(N)C(=O)N1CCOC(c2ccccc2Br)C1. The Morgan fingerprint density at radius 1 is 1.56 bits per heavy atom. The van der Waals surface area contributed by atoms with Crippen LogP contribution in [0.25, 0.3) is 0 Å². The highest BCUT2D eigenvalue weighted by atomic mass is 79.9. The number of carbonyl (C=O) groups is 1. The van der Waals surface area contributed by atoms with Gasteiger partial charge < -0.3 is 15.4 Å². The number of halogens is 1. The lowest BCUT2D eigenvalue weighted by Gasteiger charge is -2.34. The maximum Gasteiger partial charge on any atom is 0.239 e. The van der Waals surface area contributed by atoms with Crippen LogP contribution in [0.5, 0.6) is 0 Å². The fraction of sp³-hybridized carbons (Fsp3) is 0.462. The predicted octanol–water partition coefficient (Wildman–Crippen LogP) is 1.70. The van der Waals surface area contributed by atoms with Crippen LogP contribution in [0.4, 0.5) is 0 Å². The monoisotopic (exact) mass is 312 g/mol. The first-order valence-corrected chi connectivity index (χ1v) is 6.79. The van der Waals surface area contributed by atoms with Gasteiger partial charge in [-0.2, -0.15) is 0 Å². The average Bonchev–Trinajstić information content (AvgIpc) is 2.38. The van der Waals surface area contributed by atoms with Gasteiger partial charge in [0.1, 0.15) is 6.10 Å². The second-order valence-electron chi connectivity index (χ2n) is 4.45. The number of hydrogen-bond acceptors (Lipinski definition) is 3. The summed E-state index contributed by atoms with van der Waals surface area (Å²) in [5, 5.41) is 0. The Kier molecular flexibility index (Phi) is 4.37. The standard InChI is InChI=1S/C13H17BrN2O2/c1-9(15)13(17)16-6-7-18-12(8-16)10-4-2-3-5-11(10)14/h2-5,9,12H,6-8,15H2,1H3. The van der Waals surface area contributed by atoms with Crippen molar-refractivity contribution >= 4 is 21.8 Å². The van der Waals surface area contributed by atoms with Gasteiger partial charge in [-0.15, -0.1) is 0 Å². The maximum atomic E-state index is 11.9. The molecule has 0 aliphatic carbocycles. The minimum Gasteiger partial charge on any atom is -0.370 e. The number of nitrogens with zero attached hydrogens (tertiary/aromatic N) is 1. The normalized spacial score (nSPS) is 21.7. The van der Waals surface area contributed by atoms with Crippen molar-refractivity contribution in [3.8, 4) is 0 Å². The maximum absolute atomic E-state index is 11.9. The lowest BCUT2D eigenvalue weighted by molar-refractivity contribution is -0.140. The Balaban J connectivity index is 2.12. The minimum atomic E-state index is -0.456. The molecule has 98 valence electrons. The van der Waals surface area contributed by atoms with E-state index in [0.717, 1.165) is 10.0 Å². The number of morpholine rings is 1. The van der Waals surface area contributed by atoms with Crippen molar-refractivity contribution < 1.29 is 9.53 Å². The van der Waals surface area contributed by atoms with Crippen molar-refractivity contribution in [1.82, 2.24) is 4.90 Å². The molecule has 4 nitrogen and oxygen atoms in total. The van der Waals surface area contributed by atoms with Crippen molar-refractivity contribution in [2.45, 2.75) is 19.1 Å². The summed E-state index contributed by atoms with van der Waals surface area (Å²) in [6.07, 6.45) is -0.0861. The molecule has 0 aromatic heterocycles. The summed E-state index contributed by atoms with van der Waals surface area (Å²) < 4.78 is 6.74. The molecule has 1 aromatic rings. The number of rotatable bonds is 2. The van der Waals surface area contributed by atoms with Crippen molar-refractivity contribution in [2.24, 2.45) is 5.73 Å². The zero-order chi connectivity index (χ0) is 13.1. The van der Waals surface area contributed by atoms with Crippen molar-refractivity contribution in [3.63, 3.8) is 0 Å². The highest BCUT2D eigenvalue weighted by Crippen LogP contribution is 2.28. The molecule has 2 rings (SSSR count). The topological polar surface area (TPSA) is 55.6 Å². The summed E-state index contributed by atoms with van der Waals surface area (Å²) in [5.41, 5.74) is 6.71. The second kappa shape index (κ2) is 5.82. The molecule has 1 heterocycles. The molecule has 1 amide bonds. The third-order valence-corrected chi connectivity index (χ3v) is 3.74. The van der Waals surface area contributed by atoms with Gasteiger partial charge in [0, 0.05) is 11.0 Å². The number of amides is 1. The molecule has 0 bridgehead atoms. The summed E-state index contributed by atoms with van der Waals surface area (Å²) in [4.78, 5) is 13.7. The van der Waals surface area contributed by atoms with E-state index in [2.05, 4.69) is 15.9 Å². The van der Waals surface area contributed by atoms with Crippen LogP contribution >= 0.6 is 15.9 Å². The van der Waals surface area contributed by atoms with Crippen LogP contribution < -0.4 is 5.73 Å². The van der Waals surface area contributed by atoms with Gasteiger partial charge in [-0.05, 0) is 18.6 Å². The van der Waals surface area contributed by atoms with E-state index >= 15 is 0 Å². The summed E-state index contributed by atoms with van der Waals surface area (Å²) in [5.74, 6) is -0.0182. The molecule has 1 aliphatic heterocycles. The van der Waals surface area contributed by atoms with Crippen LogP contribution in [-0.4, -0.2) is 36.5 Å². The highest BCUT2D eigenvalue weighted by Gasteiger charge is 2.27. The number of nitrogens with two attached hydrogens (primary N) is 1. The van der Waals surface area contributed by atoms with E-state index in [9.17, 15) is 4.79 Å². The molecule has 2 unspecified atom stereocenters. The van der Waals surface area contributed by atoms with Gasteiger partial charge in [0.25, 0.3) is 0 Å². The molecule has 18 heavy (non-hydrogen) atoms. The van der Waals surface area contributed by atoms with Crippen LogP contribution in [0.15, 0.2) is 28.7 Å². The Hall–Kier alpha value is -0.910. The highest BCUT2D eigenvalue weighted by molar-refractivity contribution is 9.10. The van der Waals surface area contributed by atoms with E-state index in [1.54, 1.807) is 11.8 Å². The van der Waals surface area contributed by atoms with Crippen molar-refractivity contribution in [1.29, 1.82) is 0 Å². The Morgan fingerprint density at radius 2 is 2.28 bits per heavy atom. The summed E-state index contributed by atoms with van der Waals surface area (Å²) in [7, 11) is 0. The fourth-order valence-electron chi connectivity index (χ4n) is 2.06. The number of benzene rings is 1. The zero-order valence-electron chi connectivity index (χ0n) is 10.3. The third kappa shape index (κ3) is 2.91. The molecule has 1 fully saturated rings. The van der Waals surface area contributed by atoms with Crippen LogP contribution in [-0.2, 0) is 9.53 Å². The summed E-state index contributed by atoms with van der Waals surface area (Å²) >= 11 is 3.51. The number of ether oxygens (including phenoxy) is 1. The van der Waals surface area contributed by atoms with Gasteiger partial charge in [-0.3, -0.25) is 4.79 Å². The van der Waals surface area contributed by atoms with Gasteiger partial charge in [0.05, 0.1) is 19.2 Å². The van der Waals surface area contributed by atoms with E-state index in [1.807, 2.05) is 24.3 Å². The van der Waals surface area contributed by atoms with Crippen LogP contribution in [0, 0.1) is 0 Å². The molecule has 0 spiro atoms. The first kappa shape index (κ1) is 13.5. The first-order chi connectivity index (χ1) is 8.59. The molecular formula is C13H17BrN2O2. The third-order valence-electron chi connectivity index (χ3n) is 3.02. The average molecular weight is 313 g/mol. The van der Waals surface area contributed by atoms with Gasteiger partial charge in [-0.1, -0.05) is 34.1 Å². The van der Waals surface area contributed by atoms with Gasteiger partial charge >= 0.3 is 0 Å². The second-order valence-corrected chi connectivity index (χ2v) is 5.31. The zero-order valence-corrected chi connectivity index (χ0v) is 11.9. The molecule has 5 heteroatoms. The molecule has 0 saturated carbocycles. The van der Waals surface area contributed by atoms with Crippen LogP contribution in [0.2, 0.25) is 0 Å². The van der Waals surface area contributed by atoms with Crippen LogP contribution in [0.1, 0.15) is 18.6 Å². The lowest BCUT2D eigenvalue weighted by Crippen LogP contribution is -2.48. The Bertz CT molecular complexity index is 437. The Morgan fingerprint density at radius 3 is 2.94 bits per heavy atom. The first-order valence-electron chi connectivity index (χ1n) is 6.00. The molecule has 2 N–H and O–H groups in total. The molecule has 1 aliphatic rings. The smallest absolute Gasteiger partial charge is 0.239 e. The largest absolute Gasteiger partial charge is 0.370 e. The fourth-order valence-corrected chi connectivity index (χ4v) is 2.60. The summed E-state index contributed by atoms with van der Waals surface area (Å²) in [6, 6.07) is 7.46. The van der Waals surface area contributed by atoms with Crippen molar-refractivity contribution in [2.75, 3.05) is 19.7 Å². The van der Waals surface area contributed by atoms with E-state index in [4.69, 9.17) is 10.5 Å². The minimum absolute atomic E-state index is 0.0182. The van der Waals surface area contributed by atoms with Gasteiger partial charge in [0.15, 0.2) is 0 Å². The molecule has 2 atom stereocenters. The number of carbonyl (C=O) groups excluding carboxylic acids is 1. The molecule has 1 saturated heterocycles. The number of hydrogen-bond donors (Lipinski definition) is 1. The van der Waals surface area contributed by atoms with Gasteiger partial charge in [-0.25, -0.2) is 0 Å². The lowest BCUT2D eigenvalue weighted by atomic mass is 10.1. The van der Waals surface area contributed by atoms with E-state index in [-0.39, 0.29) is 12.0 Å². The predicted molar refractivity (Wildman–Crippen MR) is 73.1 cm³/mol. The van der Waals surface area contributed by atoms with E-state index in [1.165, 1.54) is 0 Å². The van der Waals surface area contributed by atoms with E-state index < -0.39 is 6.04 Å². The molecule has 1 aromatic carbocycles. The van der Waals surface area contributed by atoms with Gasteiger partial charge in [0.2, 0.25) is 5.91 Å². The molecular weight excluding hydrogens is 296 g/mol. The summed E-state index contributed by atoms with van der Waals surface area (Å²) in [6.45, 7) is 3.43. The quantitative estimate of drug-likeness (QED) is 0.904. The van der Waals surface area contributed by atoms with E-state index in [0.29, 0.717) is 19.7 Å².